The van der Waals surface area contributed by atoms with Gasteiger partial charge in [0.1, 0.15) is 11.4 Å². The molecule has 0 unspecified atom stereocenters. The smallest absolute Gasteiger partial charge is 0.321 e. The highest BCUT2D eigenvalue weighted by Crippen LogP contribution is 2.36. The molecule has 0 aromatic heterocycles. The van der Waals surface area contributed by atoms with Gasteiger partial charge in [-0.1, -0.05) is 50.2 Å². The first-order valence-electron chi connectivity index (χ1n) is 10.4. The van der Waals surface area contributed by atoms with Gasteiger partial charge in [0.15, 0.2) is 0 Å². The van der Waals surface area contributed by atoms with Crippen molar-refractivity contribution in [2.24, 2.45) is 5.16 Å². The molecule has 5 nitrogen and oxygen atoms in total. The Morgan fingerprint density at radius 1 is 1.07 bits per heavy atom. The third-order valence-corrected chi connectivity index (χ3v) is 5.98. The molecule has 0 radical (unpaired) electrons. The van der Waals surface area contributed by atoms with Gasteiger partial charge >= 0.3 is 6.03 Å². The summed E-state index contributed by atoms with van der Waals surface area (Å²) in [7, 11) is 0. The molecule has 1 saturated heterocycles. The molecule has 2 aliphatic heterocycles. The van der Waals surface area contributed by atoms with Crippen molar-refractivity contribution in [3.63, 3.8) is 0 Å². The zero-order valence-electron chi connectivity index (χ0n) is 17.7. The fraction of sp³-hybridized carbons (Fsp3) is 0.417. The number of rotatable bonds is 2. The highest BCUT2D eigenvalue weighted by Gasteiger charge is 2.43. The van der Waals surface area contributed by atoms with Crippen molar-refractivity contribution in [1.29, 1.82) is 0 Å². The van der Waals surface area contributed by atoms with Crippen LogP contribution in [0.3, 0.4) is 0 Å². The number of benzene rings is 2. The topological polar surface area (TPSA) is 53.9 Å². The van der Waals surface area contributed by atoms with E-state index in [-0.39, 0.29) is 22.9 Å². The van der Waals surface area contributed by atoms with E-state index in [4.69, 9.17) is 4.84 Å². The van der Waals surface area contributed by atoms with Crippen LogP contribution >= 0.6 is 0 Å². The van der Waals surface area contributed by atoms with Crippen molar-refractivity contribution in [2.45, 2.75) is 51.0 Å². The van der Waals surface area contributed by atoms with E-state index >= 15 is 0 Å². The third-order valence-electron chi connectivity index (χ3n) is 5.98. The fourth-order valence-corrected chi connectivity index (χ4v) is 3.96. The van der Waals surface area contributed by atoms with Crippen molar-refractivity contribution in [1.82, 2.24) is 4.90 Å². The number of likely N-dealkylation sites (tertiary alicyclic amines) is 1. The molecule has 2 aliphatic rings. The molecular weight excluding hydrogens is 381 g/mol. The largest absolute Gasteiger partial charge is 0.388 e. The maximum Gasteiger partial charge on any atom is 0.321 e. The highest BCUT2D eigenvalue weighted by molar-refractivity contribution is 6.01. The quantitative estimate of drug-likeness (QED) is 0.730. The van der Waals surface area contributed by atoms with Crippen LogP contribution in [0.5, 0.6) is 0 Å². The van der Waals surface area contributed by atoms with Gasteiger partial charge in [-0.15, -0.1) is 0 Å². The van der Waals surface area contributed by atoms with E-state index in [0.29, 0.717) is 19.5 Å². The Labute approximate surface area is 176 Å². The Morgan fingerprint density at radius 2 is 1.70 bits per heavy atom. The summed E-state index contributed by atoms with van der Waals surface area (Å²) in [6.45, 7) is 7.72. The maximum absolute atomic E-state index is 13.2. The molecular formula is C24H28FN3O2. The monoisotopic (exact) mass is 409 g/mol. The average Bonchev–Trinajstić information content (AvgIpc) is 3.12. The summed E-state index contributed by atoms with van der Waals surface area (Å²) < 4.78 is 13.2. The Bertz CT molecular complexity index is 938. The van der Waals surface area contributed by atoms with Crippen LogP contribution in [0.2, 0.25) is 0 Å². The first kappa shape index (κ1) is 20.4. The van der Waals surface area contributed by atoms with Gasteiger partial charge in [-0.2, -0.15) is 0 Å². The number of oxime groups is 1. The number of carbonyl (C=O) groups is 1. The second-order valence-corrected chi connectivity index (χ2v) is 9.24. The number of amides is 2. The zero-order valence-corrected chi connectivity index (χ0v) is 17.7. The molecule has 0 aliphatic carbocycles. The average molecular weight is 410 g/mol. The van der Waals surface area contributed by atoms with E-state index in [1.807, 2.05) is 17.0 Å². The Morgan fingerprint density at radius 3 is 2.30 bits per heavy atom. The molecule has 2 aromatic carbocycles. The first-order valence-corrected chi connectivity index (χ1v) is 10.4. The predicted molar refractivity (Wildman–Crippen MR) is 116 cm³/mol. The lowest BCUT2D eigenvalue weighted by molar-refractivity contribution is -0.0544. The van der Waals surface area contributed by atoms with Crippen molar-refractivity contribution in [3.05, 3.63) is 65.5 Å². The predicted octanol–water partition coefficient (Wildman–Crippen LogP) is 5.31. The Kier molecular flexibility index (Phi) is 5.26. The van der Waals surface area contributed by atoms with E-state index in [2.05, 4.69) is 43.4 Å². The Hall–Kier alpha value is -2.89. The number of hydrogen-bond donors (Lipinski definition) is 1. The molecule has 1 N–H and O–H groups in total. The second-order valence-electron chi connectivity index (χ2n) is 9.24. The number of anilines is 1. The SMILES string of the molecule is CC(C)(C)c1ccc(NC(=O)N2CCC3(CC2)CC(c2ccc(F)cc2)=NO3)cc1. The molecule has 30 heavy (non-hydrogen) atoms. The number of carbonyl (C=O) groups excluding carboxylic acids is 1. The lowest BCUT2D eigenvalue weighted by atomic mass is 9.85. The van der Waals surface area contributed by atoms with Crippen LogP contribution in [-0.4, -0.2) is 35.3 Å². The maximum atomic E-state index is 13.2. The van der Waals surface area contributed by atoms with Gasteiger partial charge in [0.25, 0.3) is 0 Å². The molecule has 0 saturated carbocycles. The molecule has 1 spiro atoms. The minimum absolute atomic E-state index is 0.0832. The molecule has 2 aromatic rings. The van der Waals surface area contributed by atoms with Gasteiger partial charge in [0.05, 0.1) is 5.71 Å². The first-order chi connectivity index (χ1) is 14.2. The molecule has 2 heterocycles. The molecule has 0 atom stereocenters. The standard InChI is InChI=1S/C24H28FN3O2/c1-23(2,3)18-6-10-20(11-7-18)26-22(29)28-14-12-24(13-15-28)16-21(27-30-24)17-4-8-19(25)9-5-17/h4-11H,12-16H2,1-3H3,(H,26,29). The second kappa shape index (κ2) is 7.74. The van der Waals surface area contributed by atoms with E-state index in [1.165, 1.54) is 17.7 Å². The summed E-state index contributed by atoms with van der Waals surface area (Å²) in [6.07, 6.45) is 2.12. The normalized spacial score (nSPS) is 18.1. The van der Waals surface area contributed by atoms with Crippen LogP contribution in [-0.2, 0) is 10.3 Å². The van der Waals surface area contributed by atoms with E-state index in [0.717, 1.165) is 29.8 Å². The van der Waals surface area contributed by atoms with Gasteiger partial charge in [0, 0.05) is 38.0 Å². The van der Waals surface area contributed by atoms with Crippen LogP contribution in [0, 0.1) is 5.82 Å². The summed E-state index contributed by atoms with van der Waals surface area (Å²) in [5.74, 6) is -0.264. The van der Waals surface area contributed by atoms with Gasteiger partial charge < -0.3 is 15.1 Å². The molecule has 0 bridgehead atoms. The number of piperidine rings is 1. The number of nitrogens with one attached hydrogen (secondary N) is 1. The van der Waals surface area contributed by atoms with Gasteiger partial charge in [-0.05, 0) is 40.8 Å². The number of urea groups is 1. The van der Waals surface area contributed by atoms with Crippen LogP contribution in [0.15, 0.2) is 53.7 Å². The minimum Gasteiger partial charge on any atom is -0.388 e. The van der Waals surface area contributed by atoms with E-state index in [9.17, 15) is 9.18 Å². The zero-order chi connectivity index (χ0) is 21.4. The van der Waals surface area contributed by atoms with Crippen molar-refractivity contribution >= 4 is 17.4 Å². The summed E-state index contributed by atoms with van der Waals surface area (Å²) in [4.78, 5) is 20.3. The van der Waals surface area contributed by atoms with Gasteiger partial charge in [-0.25, -0.2) is 9.18 Å². The number of halogens is 1. The summed E-state index contributed by atoms with van der Waals surface area (Å²) in [5, 5.41) is 7.24. The van der Waals surface area contributed by atoms with Crippen molar-refractivity contribution < 1.29 is 14.0 Å². The molecule has 1 fully saturated rings. The van der Waals surface area contributed by atoms with E-state index < -0.39 is 0 Å². The van der Waals surface area contributed by atoms with Gasteiger partial charge in [-0.3, -0.25) is 0 Å². The van der Waals surface area contributed by atoms with Crippen LogP contribution < -0.4 is 5.32 Å². The third kappa shape index (κ3) is 4.32. The minimum atomic E-state index is -0.366. The Balaban J connectivity index is 1.31. The molecule has 4 rings (SSSR count). The highest BCUT2D eigenvalue weighted by atomic mass is 19.1. The van der Waals surface area contributed by atoms with Gasteiger partial charge in [0.2, 0.25) is 0 Å². The van der Waals surface area contributed by atoms with Crippen molar-refractivity contribution in [2.75, 3.05) is 18.4 Å². The van der Waals surface area contributed by atoms with Crippen LogP contribution in [0.1, 0.15) is 51.2 Å². The summed E-state index contributed by atoms with van der Waals surface area (Å²) in [6, 6.07) is 14.2. The summed E-state index contributed by atoms with van der Waals surface area (Å²) >= 11 is 0. The van der Waals surface area contributed by atoms with Crippen LogP contribution in [0.25, 0.3) is 0 Å². The molecule has 158 valence electrons. The van der Waals surface area contributed by atoms with E-state index in [1.54, 1.807) is 12.1 Å². The fourth-order valence-electron chi connectivity index (χ4n) is 3.96. The molecule has 2 amide bonds. The number of nitrogens with zero attached hydrogens (tertiary/aromatic N) is 2. The molecule has 6 heteroatoms. The summed E-state index contributed by atoms with van der Waals surface area (Å²) in [5.41, 5.74) is 3.47. The number of hydrogen-bond acceptors (Lipinski definition) is 3. The van der Waals surface area contributed by atoms with Crippen molar-refractivity contribution in [3.8, 4) is 0 Å². The lowest BCUT2D eigenvalue weighted by Gasteiger charge is -2.37. The lowest BCUT2D eigenvalue weighted by Crippen LogP contribution is -2.48. The van der Waals surface area contributed by atoms with Crippen LogP contribution in [0.4, 0.5) is 14.9 Å².